The fourth-order valence-electron chi connectivity index (χ4n) is 2.56. The Kier molecular flexibility index (Phi) is 3.88. The molecule has 1 N–H and O–H groups in total. The number of fused-ring (bicyclic) bond motifs is 1. The maximum absolute atomic E-state index is 12.5. The van der Waals surface area contributed by atoms with Crippen molar-refractivity contribution < 1.29 is 4.79 Å². The molecule has 0 saturated heterocycles. The maximum atomic E-state index is 12.5. The summed E-state index contributed by atoms with van der Waals surface area (Å²) < 4.78 is 0. The van der Waals surface area contributed by atoms with Crippen LogP contribution in [0.5, 0.6) is 0 Å². The number of nitrogens with zero attached hydrogens (tertiary/aromatic N) is 3. The van der Waals surface area contributed by atoms with Gasteiger partial charge in [0.15, 0.2) is 0 Å². The fraction of sp³-hybridized carbons (Fsp3) is 0. The highest BCUT2D eigenvalue weighted by Gasteiger charge is 2.11. The summed E-state index contributed by atoms with van der Waals surface area (Å²) in [5.41, 5.74) is 3.19. The summed E-state index contributed by atoms with van der Waals surface area (Å²) in [5.74, 6) is -0.203. The number of aromatic nitrogens is 3. The van der Waals surface area contributed by atoms with E-state index in [1.165, 1.54) is 0 Å². The highest BCUT2D eigenvalue weighted by atomic mass is 16.2. The van der Waals surface area contributed by atoms with E-state index in [-0.39, 0.29) is 11.7 Å². The monoisotopic (exact) mass is 326 g/mol. The van der Waals surface area contributed by atoms with Gasteiger partial charge in [-0.15, -0.1) is 0 Å². The summed E-state index contributed by atoms with van der Waals surface area (Å²) in [7, 11) is 0. The van der Waals surface area contributed by atoms with Crippen LogP contribution in [0.3, 0.4) is 0 Å². The van der Waals surface area contributed by atoms with Crippen molar-refractivity contribution in [1.29, 1.82) is 0 Å². The Bertz CT molecular complexity index is 1050. The lowest BCUT2D eigenvalue weighted by Gasteiger charge is -2.07. The van der Waals surface area contributed by atoms with Gasteiger partial charge in [0.25, 0.3) is 5.91 Å². The van der Waals surface area contributed by atoms with Gasteiger partial charge in [-0.2, -0.15) is 0 Å². The van der Waals surface area contributed by atoms with Crippen LogP contribution in [0.15, 0.2) is 79.1 Å². The van der Waals surface area contributed by atoms with Gasteiger partial charge in [0, 0.05) is 29.0 Å². The number of carbonyl (C=O) groups excluding carboxylic acids is 1. The van der Waals surface area contributed by atoms with E-state index in [2.05, 4.69) is 20.3 Å². The lowest BCUT2D eigenvalue weighted by molar-refractivity contribution is 0.101. The molecule has 0 fully saturated rings. The lowest BCUT2D eigenvalue weighted by atomic mass is 10.1. The summed E-state index contributed by atoms with van der Waals surface area (Å²) in [6, 6.07) is 20.8. The van der Waals surface area contributed by atoms with Gasteiger partial charge < -0.3 is 5.32 Å². The van der Waals surface area contributed by atoms with E-state index in [0.29, 0.717) is 5.69 Å². The molecule has 0 aliphatic rings. The molecule has 120 valence electrons. The smallest absolute Gasteiger partial charge is 0.293 e. The van der Waals surface area contributed by atoms with Crippen molar-refractivity contribution in [2.24, 2.45) is 0 Å². The highest BCUT2D eigenvalue weighted by Crippen LogP contribution is 2.20. The molecule has 0 atom stereocenters. The first-order chi connectivity index (χ1) is 12.3. The number of amides is 1. The molecule has 2 aromatic heterocycles. The SMILES string of the molecule is O=C(Nc1cccc(-c2ccccn2)c1)c1ncc2ccccc2n1. The molecule has 4 rings (SSSR count). The average molecular weight is 326 g/mol. The number of anilines is 1. The Morgan fingerprint density at radius 1 is 0.880 bits per heavy atom. The van der Waals surface area contributed by atoms with Crippen molar-refractivity contribution in [2.75, 3.05) is 5.32 Å². The summed E-state index contributed by atoms with van der Waals surface area (Å²) >= 11 is 0. The van der Waals surface area contributed by atoms with Gasteiger partial charge in [0.1, 0.15) is 0 Å². The molecule has 0 saturated carbocycles. The van der Waals surface area contributed by atoms with E-state index in [1.807, 2.05) is 66.7 Å². The Hall–Kier alpha value is -3.60. The molecule has 0 aliphatic heterocycles. The van der Waals surface area contributed by atoms with E-state index in [0.717, 1.165) is 22.2 Å². The van der Waals surface area contributed by atoms with Crippen molar-refractivity contribution in [3.05, 3.63) is 84.9 Å². The Morgan fingerprint density at radius 2 is 1.76 bits per heavy atom. The number of rotatable bonds is 3. The largest absolute Gasteiger partial charge is 0.319 e. The van der Waals surface area contributed by atoms with Crippen molar-refractivity contribution in [3.8, 4) is 11.3 Å². The zero-order valence-corrected chi connectivity index (χ0v) is 13.3. The highest BCUT2D eigenvalue weighted by molar-refractivity contribution is 6.02. The summed E-state index contributed by atoms with van der Waals surface area (Å²) in [6.07, 6.45) is 3.39. The number of hydrogen-bond acceptors (Lipinski definition) is 4. The Morgan fingerprint density at radius 3 is 2.64 bits per heavy atom. The molecule has 4 aromatic rings. The van der Waals surface area contributed by atoms with Crippen LogP contribution < -0.4 is 5.32 Å². The minimum absolute atomic E-state index is 0.141. The number of nitrogens with one attached hydrogen (secondary N) is 1. The second kappa shape index (κ2) is 6.49. The normalized spacial score (nSPS) is 10.6. The quantitative estimate of drug-likeness (QED) is 0.619. The molecule has 0 unspecified atom stereocenters. The molecule has 5 heteroatoms. The Labute approximate surface area is 144 Å². The van der Waals surface area contributed by atoms with Crippen LogP contribution in [-0.2, 0) is 0 Å². The number of carbonyl (C=O) groups is 1. The van der Waals surface area contributed by atoms with E-state index < -0.39 is 0 Å². The summed E-state index contributed by atoms with van der Waals surface area (Å²) in [4.78, 5) is 25.2. The second-order valence-corrected chi connectivity index (χ2v) is 5.50. The van der Waals surface area contributed by atoms with Crippen molar-refractivity contribution >= 4 is 22.5 Å². The van der Waals surface area contributed by atoms with Crippen molar-refractivity contribution in [3.63, 3.8) is 0 Å². The zero-order valence-electron chi connectivity index (χ0n) is 13.3. The van der Waals surface area contributed by atoms with Gasteiger partial charge in [-0.05, 0) is 30.3 Å². The first kappa shape index (κ1) is 15.0. The number of pyridine rings is 1. The maximum Gasteiger partial charge on any atom is 0.293 e. The second-order valence-electron chi connectivity index (χ2n) is 5.50. The van der Waals surface area contributed by atoms with Crippen LogP contribution in [0.25, 0.3) is 22.2 Å². The van der Waals surface area contributed by atoms with E-state index in [4.69, 9.17) is 0 Å². The summed E-state index contributed by atoms with van der Waals surface area (Å²) in [5, 5.41) is 3.74. The average Bonchev–Trinajstić information content (AvgIpc) is 2.68. The topological polar surface area (TPSA) is 67.8 Å². The predicted molar refractivity (Wildman–Crippen MR) is 97.2 cm³/mol. The van der Waals surface area contributed by atoms with Crippen molar-refractivity contribution in [1.82, 2.24) is 15.0 Å². The molecular formula is C20H14N4O. The molecule has 0 radical (unpaired) electrons. The van der Waals surface area contributed by atoms with Gasteiger partial charge in [-0.3, -0.25) is 9.78 Å². The first-order valence-corrected chi connectivity index (χ1v) is 7.84. The van der Waals surface area contributed by atoms with Crippen LogP contribution in [0.1, 0.15) is 10.6 Å². The van der Waals surface area contributed by atoms with E-state index >= 15 is 0 Å². The molecular weight excluding hydrogens is 312 g/mol. The van der Waals surface area contributed by atoms with Crippen LogP contribution in [0, 0.1) is 0 Å². The molecule has 5 nitrogen and oxygen atoms in total. The first-order valence-electron chi connectivity index (χ1n) is 7.84. The van der Waals surface area contributed by atoms with Crippen LogP contribution in [0.2, 0.25) is 0 Å². The molecule has 2 heterocycles. The standard InChI is InChI=1S/C20H14N4O/c25-20(19-22-13-15-6-1-2-10-18(15)24-19)23-16-8-5-7-14(12-16)17-9-3-4-11-21-17/h1-13H,(H,23,25). The third kappa shape index (κ3) is 3.21. The predicted octanol–water partition coefficient (Wildman–Crippen LogP) is 3.94. The third-order valence-corrected chi connectivity index (χ3v) is 3.77. The lowest BCUT2D eigenvalue weighted by Crippen LogP contribution is -2.15. The van der Waals surface area contributed by atoms with Gasteiger partial charge in [0.05, 0.1) is 11.2 Å². The molecule has 2 aromatic carbocycles. The number of benzene rings is 2. The number of para-hydroxylation sites is 1. The van der Waals surface area contributed by atoms with Gasteiger partial charge in [-0.1, -0.05) is 36.4 Å². The van der Waals surface area contributed by atoms with Crippen LogP contribution in [0.4, 0.5) is 5.69 Å². The van der Waals surface area contributed by atoms with Gasteiger partial charge in [0.2, 0.25) is 5.82 Å². The van der Waals surface area contributed by atoms with E-state index in [1.54, 1.807) is 12.4 Å². The van der Waals surface area contributed by atoms with Crippen LogP contribution in [-0.4, -0.2) is 20.9 Å². The minimum Gasteiger partial charge on any atom is -0.319 e. The molecule has 0 aliphatic carbocycles. The number of hydrogen-bond donors (Lipinski definition) is 1. The fourth-order valence-corrected chi connectivity index (χ4v) is 2.56. The van der Waals surface area contributed by atoms with Gasteiger partial charge in [-0.25, -0.2) is 9.97 Å². The minimum atomic E-state index is -0.344. The van der Waals surface area contributed by atoms with Crippen LogP contribution >= 0.6 is 0 Å². The molecule has 1 amide bonds. The molecule has 25 heavy (non-hydrogen) atoms. The molecule has 0 spiro atoms. The van der Waals surface area contributed by atoms with Gasteiger partial charge >= 0.3 is 0 Å². The van der Waals surface area contributed by atoms with Crippen molar-refractivity contribution in [2.45, 2.75) is 0 Å². The molecule has 0 bridgehead atoms. The van der Waals surface area contributed by atoms with E-state index in [9.17, 15) is 4.79 Å². The zero-order chi connectivity index (χ0) is 17.1. The summed E-state index contributed by atoms with van der Waals surface area (Å²) in [6.45, 7) is 0. The Balaban J connectivity index is 1.60. The third-order valence-electron chi connectivity index (χ3n) is 3.77.